The first-order valence-corrected chi connectivity index (χ1v) is 3.23. The molecule has 2 nitrogen and oxygen atoms in total. The molecular formula is C6H13ClFNO. The van der Waals surface area contributed by atoms with Gasteiger partial charge in [-0.15, -0.1) is 12.4 Å². The first kappa shape index (κ1) is 10.1. The summed E-state index contributed by atoms with van der Waals surface area (Å²) in [5.74, 6) is 0. The number of ether oxygens (including phenoxy) is 1. The molecule has 1 saturated heterocycles. The lowest BCUT2D eigenvalue weighted by Gasteiger charge is -2.25. The van der Waals surface area contributed by atoms with Crippen molar-refractivity contribution in [3.63, 3.8) is 0 Å². The lowest BCUT2D eigenvalue weighted by Crippen LogP contribution is -2.42. The van der Waals surface area contributed by atoms with Gasteiger partial charge in [-0.25, -0.2) is 4.39 Å². The molecule has 0 bridgehead atoms. The average molecular weight is 170 g/mol. The summed E-state index contributed by atoms with van der Waals surface area (Å²) < 4.78 is 17.6. The quantitative estimate of drug-likeness (QED) is 0.626. The van der Waals surface area contributed by atoms with Crippen LogP contribution in [-0.2, 0) is 4.74 Å². The maximum Gasteiger partial charge on any atom is 0.139 e. The molecule has 1 heterocycles. The second-order valence-corrected chi connectivity index (χ2v) is 2.27. The summed E-state index contributed by atoms with van der Waals surface area (Å²) in [6, 6.07) is 0.0127. The summed E-state index contributed by atoms with van der Waals surface area (Å²) in [5.41, 5.74) is 0. The Balaban J connectivity index is 0.000000810. The van der Waals surface area contributed by atoms with E-state index in [0.29, 0.717) is 6.61 Å². The summed E-state index contributed by atoms with van der Waals surface area (Å²) in [6.07, 6.45) is -0.0266. The van der Waals surface area contributed by atoms with Crippen molar-refractivity contribution in [2.75, 3.05) is 20.3 Å². The van der Waals surface area contributed by atoms with E-state index in [-0.39, 0.29) is 25.1 Å². The van der Waals surface area contributed by atoms with Gasteiger partial charge in [0.15, 0.2) is 0 Å². The number of nitrogens with one attached hydrogen (secondary N) is 1. The molecule has 62 valence electrons. The number of rotatable bonds is 1. The average Bonchev–Trinajstić information content (AvgIpc) is 1.89. The Hall–Kier alpha value is 0.140. The van der Waals surface area contributed by atoms with Crippen LogP contribution in [-0.4, -0.2) is 32.5 Å². The van der Waals surface area contributed by atoms with E-state index < -0.39 is 6.17 Å². The second-order valence-electron chi connectivity index (χ2n) is 2.27. The van der Waals surface area contributed by atoms with E-state index in [1.807, 2.05) is 0 Å². The number of hydrogen-bond donors (Lipinski definition) is 1. The van der Waals surface area contributed by atoms with Crippen LogP contribution in [0.15, 0.2) is 0 Å². The number of alkyl halides is 1. The zero-order valence-electron chi connectivity index (χ0n) is 5.97. The maximum atomic E-state index is 12.7. The van der Waals surface area contributed by atoms with Crippen LogP contribution in [0.5, 0.6) is 0 Å². The summed E-state index contributed by atoms with van der Waals surface area (Å²) in [4.78, 5) is 0. The highest BCUT2D eigenvalue weighted by Gasteiger charge is 2.22. The Kier molecular flexibility index (Phi) is 4.95. The number of halogens is 2. The van der Waals surface area contributed by atoms with Crippen LogP contribution < -0.4 is 5.32 Å². The minimum Gasteiger partial charge on any atom is -0.378 e. The first-order chi connectivity index (χ1) is 4.34. The van der Waals surface area contributed by atoms with Gasteiger partial charge < -0.3 is 10.1 Å². The monoisotopic (exact) mass is 169 g/mol. The fourth-order valence-electron chi connectivity index (χ4n) is 1.03. The first-order valence-electron chi connectivity index (χ1n) is 3.23. The molecule has 1 aliphatic rings. The Morgan fingerprint density at radius 3 is 2.70 bits per heavy atom. The van der Waals surface area contributed by atoms with Crippen molar-refractivity contribution in [1.82, 2.24) is 5.32 Å². The van der Waals surface area contributed by atoms with E-state index in [1.165, 1.54) is 0 Å². The van der Waals surface area contributed by atoms with Gasteiger partial charge in [0.1, 0.15) is 6.17 Å². The van der Waals surface area contributed by atoms with Crippen LogP contribution in [0.4, 0.5) is 4.39 Å². The van der Waals surface area contributed by atoms with Crippen LogP contribution in [0.1, 0.15) is 6.42 Å². The Labute approximate surface area is 66.5 Å². The lowest BCUT2D eigenvalue weighted by molar-refractivity contribution is 0.0160. The van der Waals surface area contributed by atoms with Crippen LogP contribution >= 0.6 is 12.4 Å². The smallest absolute Gasteiger partial charge is 0.139 e. The van der Waals surface area contributed by atoms with Crippen LogP contribution in [0.25, 0.3) is 0 Å². The van der Waals surface area contributed by atoms with Gasteiger partial charge in [-0.3, -0.25) is 0 Å². The second kappa shape index (κ2) is 4.88. The molecule has 0 unspecified atom stereocenters. The molecule has 2 atom stereocenters. The molecule has 0 aromatic carbocycles. The van der Waals surface area contributed by atoms with Crippen LogP contribution in [0, 0.1) is 0 Å². The molecule has 0 aromatic heterocycles. The van der Waals surface area contributed by atoms with Gasteiger partial charge in [0, 0.05) is 12.6 Å². The SMILES string of the molecule is CN[C@@H]1CCOC[C@@H]1F.Cl. The van der Waals surface area contributed by atoms with Crippen LogP contribution in [0.2, 0.25) is 0 Å². The molecule has 1 fully saturated rings. The van der Waals surface area contributed by atoms with Crippen molar-refractivity contribution < 1.29 is 9.13 Å². The van der Waals surface area contributed by atoms with Crippen molar-refractivity contribution in [3.05, 3.63) is 0 Å². The van der Waals surface area contributed by atoms with Crippen molar-refractivity contribution in [3.8, 4) is 0 Å². The van der Waals surface area contributed by atoms with E-state index in [4.69, 9.17) is 4.74 Å². The Morgan fingerprint density at radius 1 is 1.60 bits per heavy atom. The van der Waals surface area contributed by atoms with E-state index in [1.54, 1.807) is 7.05 Å². The highest BCUT2D eigenvalue weighted by molar-refractivity contribution is 5.85. The fraction of sp³-hybridized carbons (Fsp3) is 1.00. The molecule has 0 amide bonds. The third-order valence-corrected chi connectivity index (χ3v) is 1.66. The van der Waals surface area contributed by atoms with E-state index >= 15 is 0 Å². The van der Waals surface area contributed by atoms with Crippen molar-refractivity contribution >= 4 is 12.4 Å². The van der Waals surface area contributed by atoms with Crippen molar-refractivity contribution in [2.24, 2.45) is 0 Å². The Morgan fingerprint density at radius 2 is 2.30 bits per heavy atom. The Bertz CT molecular complexity index is 93.8. The molecule has 0 aromatic rings. The van der Waals surface area contributed by atoms with Gasteiger partial charge in [-0.1, -0.05) is 0 Å². The predicted molar refractivity (Wildman–Crippen MR) is 40.4 cm³/mol. The highest BCUT2D eigenvalue weighted by Crippen LogP contribution is 2.09. The van der Waals surface area contributed by atoms with Gasteiger partial charge in [0.25, 0.3) is 0 Å². The predicted octanol–water partition coefficient (Wildman–Crippen LogP) is 0.755. The molecule has 0 saturated carbocycles. The van der Waals surface area contributed by atoms with Crippen molar-refractivity contribution in [2.45, 2.75) is 18.6 Å². The molecule has 1 rings (SSSR count). The van der Waals surface area contributed by atoms with E-state index in [0.717, 1.165) is 6.42 Å². The fourth-order valence-corrected chi connectivity index (χ4v) is 1.03. The molecule has 0 aliphatic carbocycles. The van der Waals surface area contributed by atoms with Gasteiger partial charge in [-0.05, 0) is 13.5 Å². The van der Waals surface area contributed by atoms with E-state index in [9.17, 15) is 4.39 Å². The summed E-state index contributed by atoms with van der Waals surface area (Å²) >= 11 is 0. The van der Waals surface area contributed by atoms with Crippen LogP contribution in [0.3, 0.4) is 0 Å². The molecule has 0 spiro atoms. The minimum absolute atomic E-state index is 0. The van der Waals surface area contributed by atoms with Gasteiger partial charge in [0.05, 0.1) is 6.61 Å². The number of hydrogen-bond acceptors (Lipinski definition) is 2. The zero-order valence-corrected chi connectivity index (χ0v) is 6.79. The normalized spacial score (nSPS) is 33.0. The third kappa shape index (κ3) is 2.40. The molecule has 0 radical (unpaired) electrons. The molecule has 10 heavy (non-hydrogen) atoms. The molecule has 1 N–H and O–H groups in total. The highest BCUT2D eigenvalue weighted by atomic mass is 35.5. The summed E-state index contributed by atoms with van der Waals surface area (Å²) in [7, 11) is 1.78. The maximum absolute atomic E-state index is 12.7. The van der Waals surface area contributed by atoms with Gasteiger partial charge in [-0.2, -0.15) is 0 Å². The summed E-state index contributed by atoms with van der Waals surface area (Å²) in [6.45, 7) is 0.942. The molecule has 1 aliphatic heterocycles. The van der Waals surface area contributed by atoms with Crippen molar-refractivity contribution in [1.29, 1.82) is 0 Å². The lowest BCUT2D eigenvalue weighted by atomic mass is 10.1. The van der Waals surface area contributed by atoms with Gasteiger partial charge in [0.2, 0.25) is 0 Å². The zero-order chi connectivity index (χ0) is 6.69. The standard InChI is InChI=1S/C6H12FNO.ClH/c1-8-6-2-3-9-4-5(6)7;/h5-6,8H,2-4H2,1H3;1H/t5-,6+;/m0./s1. The summed E-state index contributed by atoms with van der Waals surface area (Å²) in [5, 5.41) is 2.90. The minimum atomic E-state index is -0.816. The molecular weight excluding hydrogens is 157 g/mol. The van der Waals surface area contributed by atoms with E-state index in [2.05, 4.69) is 5.32 Å². The molecule has 4 heteroatoms. The topological polar surface area (TPSA) is 21.3 Å². The third-order valence-electron chi connectivity index (χ3n) is 1.66. The van der Waals surface area contributed by atoms with Gasteiger partial charge >= 0.3 is 0 Å². The largest absolute Gasteiger partial charge is 0.378 e.